The Morgan fingerprint density at radius 3 is 2.79 bits per heavy atom. The summed E-state index contributed by atoms with van der Waals surface area (Å²) in [5.74, 6) is -0.0940. The smallest absolute Gasteiger partial charge is 0.323 e. The molecule has 0 saturated carbocycles. The van der Waals surface area contributed by atoms with Crippen LogP contribution in [0.2, 0.25) is 0 Å². The molecule has 1 atom stereocenters. The molecule has 1 fully saturated rings. The summed E-state index contributed by atoms with van der Waals surface area (Å²) in [5.41, 5.74) is 3.90. The van der Waals surface area contributed by atoms with E-state index in [1.807, 2.05) is 0 Å². The van der Waals surface area contributed by atoms with E-state index in [2.05, 4.69) is 36.9 Å². The highest BCUT2D eigenvalue weighted by atomic mass is 16.5. The molecule has 1 heterocycles. The molecule has 0 aliphatic carbocycles. The molecule has 1 saturated heterocycles. The van der Waals surface area contributed by atoms with Gasteiger partial charge in [0.05, 0.1) is 7.11 Å². The first-order valence-electron chi connectivity index (χ1n) is 7.00. The van der Waals surface area contributed by atoms with Crippen LogP contribution in [0.4, 0.5) is 0 Å². The highest BCUT2D eigenvalue weighted by molar-refractivity contribution is 5.75. The molecule has 3 heteroatoms. The number of carbonyl (C=O) groups excluding carboxylic acids is 1. The van der Waals surface area contributed by atoms with E-state index >= 15 is 0 Å². The third kappa shape index (κ3) is 3.35. The van der Waals surface area contributed by atoms with Crippen molar-refractivity contribution in [3.05, 3.63) is 34.9 Å². The first-order chi connectivity index (χ1) is 9.11. The number of piperidine rings is 1. The molecule has 1 aliphatic rings. The molecule has 19 heavy (non-hydrogen) atoms. The highest BCUT2D eigenvalue weighted by Crippen LogP contribution is 2.21. The van der Waals surface area contributed by atoms with E-state index in [9.17, 15) is 4.79 Å². The monoisotopic (exact) mass is 261 g/mol. The van der Waals surface area contributed by atoms with Crippen molar-refractivity contribution in [2.45, 2.75) is 45.7 Å². The van der Waals surface area contributed by atoms with Gasteiger partial charge in [-0.15, -0.1) is 0 Å². The highest BCUT2D eigenvalue weighted by Gasteiger charge is 2.29. The van der Waals surface area contributed by atoms with Crippen molar-refractivity contribution in [2.24, 2.45) is 0 Å². The van der Waals surface area contributed by atoms with Crippen molar-refractivity contribution >= 4 is 5.97 Å². The molecular weight excluding hydrogens is 238 g/mol. The number of hydrogen-bond acceptors (Lipinski definition) is 3. The molecule has 0 amide bonds. The van der Waals surface area contributed by atoms with E-state index in [4.69, 9.17) is 4.74 Å². The fourth-order valence-electron chi connectivity index (χ4n) is 2.72. The first kappa shape index (κ1) is 14.1. The number of likely N-dealkylation sites (tertiary alicyclic amines) is 1. The van der Waals surface area contributed by atoms with Gasteiger partial charge in [-0.05, 0) is 49.9 Å². The van der Waals surface area contributed by atoms with Crippen LogP contribution in [0.25, 0.3) is 0 Å². The SMILES string of the molecule is COC(=O)[C@H]1CCCCN1Cc1ccc(C)c(C)c1. The fraction of sp³-hybridized carbons (Fsp3) is 0.562. The van der Waals surface area contributed by atoms with Crippen LogP contribution in [-0.4, -0.2) is 30.6 Å². The second kappa shape index (κ2) is 6.20. The zero-order valence-electron chi connectivity index (χ0n) is 12.1. The zero-order chi connectivity index (χ0) is 13.8. The van der Waals surface area contributed by atoms with Crippen LogP contribution < -0.4 is 0 Å². The molecule has 0 aromatic heterocycles. The van der Waals surface area contributed by atoms with Gasteiger partial charge in [0.2, 0.25) is 0 Å². The van der Waals surface area contributed by atoms with Gasteiger partial charge in [0.1, 0.15) is 6.04 Å². The van der Waals surface area contributed by atoms with Crippen LogP contribution in [0.5, 0.6) is 0 Å². The lowest BCUT2D eigenvalue weighted by atomic mass is 10.00. The summed E-state index contributed by atoms with van der Waals surface area (Å²) in [4.78, 5) is 14.1. The third-order valence-electron chi connectivity index (χ3n) is 4.04. The molecular formula is C16H23NO2. The number of benzene rings is 1. The molecule has 1 aromatic carbocycles. The molecule has 1 aliphatic heterocycles. The van der Waals surface area contributed by atoms with Crippen molar-refractivity contribution in [3.63, 3.8) is 0 Å². The maximum absolute atomic E-state index is 11.8. The minimum atomic E-state index is -0.0940. The molecule has 1 aromatic rings. The molecule has 0 N–H and O–H groups in total. The number of rotatable bonds is 3. The summed E-state index contributed by atoms with van der Waals surface area (Å²) in [7, 11) is 1.48. The van der Waals surface area contributed by atoms with Crippen LogP contribution in [-0.2, 0) is 16.1 Å². The summed E-state index contributed by atoms with van der Waals surface area (Å²) in [6.45, 7) is 6.07. The van der Waals surface area contributed by atoms with Crippen LogP contribution in [0.1, 0.15) is 36.0 Å². The molecule has 0 bridgehead atoms. The van der Waals surface area contributed by atoms with E-state index in [1.165, 1.54) is 30.2 Å². The molecule has 0 unspecified atom stereocenters. The minimum absolute atomic E-state index is 0.0691. The zero-order valence-corrected chi connectivity index (χ0v) is 12.1. The molecule has 3 nitrogen and oxygen atoms in total. The van der Waals surface area contributed by atoms with Crippen LogP contribution in [0.3, 0.4) is 0 Å². The largest absolute Gasteiger partial charge is 0.468 e. The Kier molecular flexibility index (Phi) is 4.59. The molecule has 0 spiro atoms. The average Bonchev–Trinajstić information content (AvgIpc) is 2.43. The Morgan fingerprint density at radius 2 is 2.11 bits per heavy atom. The van der Waals surface area contributed by atoms with Gasteiger partial charge in [0, 0.05) is 6.54 Å². The van der Waals surface area contributed by atoms with E-state index < -0.39 is 0 Å². The summed E-state index contributed by atoms with van der Waals surface area (Å²) in [6.07, 6.45) is 3.19. The van der Waals surface area contributed by atoms with Gasteiger partial charge < -0.3 is 4.74 Å². The van der Waals surface area contributed by atoms with Gasteiger partial charge in [-0.3, -0.25) is 9.69 Å². The standard InChI is InChI=1S/C16H23NO2/c1-12-7-8-14(10-13(12)2)11-17-9-5-4-6-15(17)16(18)19-3/h7-8,10,15H,4-6,9,11H2,1-3H3/t15-/m1/s1. The topological polar surface area (TPSA) is 29.5 Å². The van der Waals surface area contributed by atoms with Crippen LogP contribution in [0.15, 0.2) is 18.2 Å². The molecule has 104 valence electrons. The Hall–Kier alpha value is -1.35. The number of hydrogen-bond donors (Lipinski definition) is 0. The van der Waals surface area contributed by atoms with Crippen LogP contribution in [0, 0.1) is 13.8 Å². The predicted molar refractivity (Wildman–Crippen MR) is 76.0 cm³/mol. The molecule has 2 rings (SSSR count). The van der Waals surface area contributed by atoms with Gasteiger partial charge >= 0.3 is 5.97 Å². The summed E-state index contributed by atoms with van der Waals surface area (Å²) in [6, 6.07) is 6.46. The van der Waals surface area contributed by atoms with Crippen molar-refractivity contribution < 1.29 is 9.53 Å². The average molecular weight is 261 g/mol. The predicted octanol–water partition coefficient (Wildman–Crippen LogP) is 2.83. The Balaban J connectivity index is 2.10. The normalized spacial score (nSPS) is 20.3. The fourth-order valence-corrected chi connectivity index (χ4v) is 2.72. The summed E-state index contributed by atoms with van der Waals surface area (Å²) < 4.78 is 4.92. The van der Waals surface area contributed by atoms with Crippen LogP contribution >= 0.6 is 0 Å². The second-order valence-corrected chi connectivity index (χ2v) is 5.42. The quantitative estimate of drug-likeness (QED) is 0.784. The number of ether oxygens (including phenoxy) is 1. The van der Waals surface area contributed by atoms with Crippen molar-refractivity contribution in [3.8, 4) is 0 Å². The number of esters is 1. The van der Waals surface area contributed by atoms with Gasteiger partial charge in [0.25, 0.3) is 0 Å². The third-order valence-corrected chi connectivity index (χ3v) is 4.04. The lowest BCUT2D eigenvalue weighted by molar-refractivity contribution is -0.148. The summed E-state index contributed by atoms with van der Waals surface area (Å²) in [5, 5.41) is 0. The number of nitrogens with zero attached hydrogens (tertiary/aromatic N) is 1. The van der Waals surface area contributed by atoms with E-state index in [0.717, 1.165) is 25.9 Å². The van der Waals surface area contributed by atoms with Crippen molar-refractivity contribution in [1.82, 2.24) is 4.90 Å². The molecule has 0 radical (unpaired) electrons. The maximum Gasteiger partial charge on any atom is 0.323 e. The van der Waals surface area contributed by atoms with E-state index in [1.54, 1.807) is 0 Å². The number of methoxy groups -OCH3 is 1. The van der Waals surface area contributed by atoms with Gasteiger partial charge in [0.15, 0.2) is 0 Å². The maximum atomic E-state index is 11.8. The van der Waals surface area contributed by atoms with Gasteiger partial charge in [-0.1, -0.05) is 24.6 Å². The number of carbonyl (C=O) groups is 1. The lowest BCUT2D eigenvalue weighted by Crippen LogP contribution is -2.44. The second-order valence-electron chi connectivity index (χ2n) is 5.42. The van der Waals surface area contributed by atoms with Gasteiger partial charge in [-0.2, -0.15) is 0 Å². The lowest BCUT2D eigenvalue weighted by Gasteiger charge is -2.33. The summed E-state index contributed by atoms with van der Waals surface area (Å²) >= 11 is 0. The first-order valence-corrected chi connectivity index (χ1v) is 7.00. The van der Waals surface area contributed by atoms with E-state index in [-0.39, 0.29) is 12.0 Å². The van der Waals surface area contributed by atoms with Gasteiger partial charge in [-0.25, -0.2) is 0 Å². The Morgan fingerprint density at radius 1 is 1.32 bits per heavy atom. The number of aryl methyl sites for hydroxylation is 2. The van der Waals surface area contributed by atoms with Crippen molar-refractivity contribution in [1.29, 1.82) is 0 Å². The van der Waals surface area contributed by atoms with Crippen molar-refractivity contribution in [2.75, 3.05) is 13.7 Å². The Labute approximate surface area is 115 Å². The van der Waals surface area contributed by atoms with E-state index in [0.29, 0.717) is 0 Å². The Bertz CT molecular complexity index is 456. The minimum Gasteiger partial charge on any atom is -0.468 e.